The minimum absolute atomic E-state index is 0.00629. The third-order valence-electron chi connectivity index (χ3n) is 5.34. The monoisotopic (exact) mass is 388 g/mol. The summed E-state index contributed by atoms with van der Waals surface area (Å²) in [7, 11) is 0. The molecule has 0 spiro atoms. The molecule has 0 saturated heterocycles. The van der Waals surface area contributed by atoms with E-state index < -0.39 is 5.97 Å². The number of aliphatic carboxylic acids is 1. The van der Waals surface area contributed by atoms with Gasteiger partial charge in [0.05, 0.1) is 13.0 Å². The van der Waals surface area contributed by atoms with Crippen molar-refractivity contribution in [2.45, 2.75) is 78.2 Å². The molecule has 1 aliphatic rings. The number of aryl methyl sites for hydroxylation is 1. The Morgan fingerprint density at radius 3 is 2.82 bits per heavy atom. The van der Waals surface area contributed by atoms with E-state index in [4.69, 9.17) is 14.6 Å². The van der Waals surface area contributed by atoms with Gasteiger partial charge >= 0.3 is 5.97 Å². The number of fused-ring (bicyclic) bond motifs is 1. The molecule has 0 bridgehead atoms. The number of ether oxygens (including phenoxy) is 2. The van der Waals surface area contributed by atoms with E-state index in [-0.39, 0.29) is 18.6 Å². The van der Waals surface area contributed by atoms with Crippen LogP contribution in [-0.4, -0.2) is 23.3 Å². The van der Waals surface area contributed by atoms with Crippen molar-refractivity contribution in [1.29, 1.82) is 0 Å². The Morgan fingerprint density at radius 2 is 2.11 bits per heavy atom. The third-order valence-corrected chi connectivity index (χ3v) is 5.34. The Balaban J connectivity index is 1.84. The van der Waals surface area contributed by atoms with Gasteiger partial charge in [0.15, 0.2) is 0 Å². The van der Waals surface area contributed by atoms with Crippen LogP contribution in [0, 0.1) is 11.8 Å². The highest BCUT2D eigenvalue weighted by Crippen LogP contribution is 2.36. The van der Waals surface area contributed by atoms with Gasteiger partial charge in [-0.25, -0.2) is 0 Å². The first-order chi connectivity index (χ1) is 13.3. The lowest BCUT2D eigenvalue weighted by Crippen LogP contribution is -2.34. The fraction of sp³-hybridized carbons (Fsp3) is 0.625. The molecule has 0 saturated carbocycles. The van der Waals surface area contributed by atoms with Crippen molar-refractivity contribution in [1.82, 2.24) is 0 Å². The molecular weight excluding hydrogens is 352 g/mol. The highest BCUT2D eigenvalue weighted by atomic mass is 16.5. The lowest BCUT2D eigenvalue weighted by atomic mass is 9.91. The molecule has 2 atom stereocenters. The minimum Gasteiger partial charge on any atom is -0.493 e. The molecule has 4 nitrogen and oxygen atoms in total. The number of allylic oxidation sites excluding steroid dienone is 1. The maximum atomic E-state index is 10.6. The summed E-state index contributed by atoms with van der Waals surface area (Å²) >= 11 is 0. The van der Waals surface area contributed by atoms with Gasteiger partial charge in [-0.1, -0.05) is 46.1 Å². The topological polar surface area (TPSA) is 55.8 Å². The molecule has 0 amide bonds. The first kappa shape index (κ1) is 22.3. The Labute approximate surface area is 169 Å². The van der Waals surface area contributed by atoms with Crippen LogP contribution in [0.5, 0.6) is 11.5 Å². The number of carboxylic acid groups (broad SMARTS) is 1. The summed E-state index contributed by atoms with van der Waals surface area (Å²) in [6, 6.07) is 5.76. The summed E-state index contributed by atoms with van der Waals surface area (Å²) in [6.45, 7) is 9.23. The molecule has 1 heterocycles. The van der Waals surface area contributed by atoms with Gasteiger partial charge in [-0.05, 0) is 67.9 Å². The normalized spacial score (nSPS) is 20.0. The van der Waals surface area contributed by atoms with Crippen molar-refractivity contribution in [2.24, 2.45) is 11.8 Å². The van der Waals surface area contributed by atoms with E-state index in [0.29, 0.717) is 11.7 Å². The lowest BCUT2D eigenvalue weighted by molar-refractivity contribution is -0.137. The average molecular weight is 389 g/mol. The van der Waals surface area contributed by atoms with Gasteiger partial charge in [-0.15, -0.1) is 0 Å². The first-order valence-corrected chi connectivity index (χ1v) is 10.6. The standard InChI is InChI=1S/C24H36O4/c1-18(2)7-5-8-19(3)9-6-14-24(4)15-12-20-17-21(10-11-22(20)28-24)27-16-13-23(25)26/h6,10-11,14,17-19H,5,7-9,12-13,15-16H2,1-4H3,(H,25,26). The molecule has 1 aromatic rings. The Morgan fingerprint density at radius 1 is 1.32 bits per heavy atom. The minimum atomic E-state index is -0.849. The van der Waals surface area contributed by atoms with E-state index >= 15 is 0 Å². The predicted octanol–water partition coefficient (Wildman–Crippen LogP) is 6.03. The average Bonchev–Trinajstić information content (AvgIpc) is 2.61. The molecule has 0 aliphatic carbocycles. The molecule has 1 N–H and O–H groups in total. The van der Waals surface area contributed by atoms with Crippen LogP contribution in [0.1, 0.15) is 71.8 Å². The van der Waals surface area contributed by atoms with Crippen molar-refractivity contribution < 1.29 is 19.4 Å². The van der Waals surface area contributed by atoms with Gasteiger partial charge in [0.1, 0.15) is 17.1 Å². The summed E-state index contributed by atoms with van der Waals surface area (Å²) in [4.78, 5) is 10.6. The van der Waals surface area contributed by atoms with Gasteiger partial charge in [-0.3, -0.25) is 4.79 Å². The number of hydrogen-bond acceptors (Lipinski definition) is 3. The Bertz CT molecular complexity index is 665. The molecule has 28 heavy (non-hydrogen) atoms. The quantitative estimate of drug-likeness (QED) is 0.470. The van der Waals surface area contributed by atoms with Crippen molar-refractivity contribution in [3.8, 4) is 11.5 Å². The molecule has 2 rings (SSSR count). The Hall–Kier alpha value is -1.97. The molecule has 0 fully saturated rings. The van der Waals surface area contributed by atoms with Crippen LogP contribution in [0.25, 0.3) is 0 Å². The molecule has 1 aromatic carbocycles. The molecular formula is C24H36O4. The highest BCUT2D eigenvalue weighted by molar-refractivity contribution is 5.66. The van der Waals surface area contributed by atoms with Crippen LogP contribution >= 0.6 is 0 Å². The second-order valence-electron chi connectivity index (χ2n) is 8.74. The van der Waals surface area contributed by atoms with E-state index in [1.165, 1.54) is 19.3 Å². The van der Waals surface area contributed by atoms with Crippen LogP contribution < -0.4 is 9.47 Å². The zero-order valence-corrected chi connectivity index (χ0v) is 17.9. The van der Waals surface area contributed by atoms with E-state index in [9.17, 15) is 4.79 Å². The summed E-state index contributed by atoms with van der Waals surface area (Å²) in [5.74, 6) is 2.26. The number of carbonyl (C=O) groups is 1. The predicted molar refractivity (Wildman–Crippen MR) is 113 cm³/mol. The zero-order chi connectivity index (χ0) is 20.6. The molecule has 4 heteroatoms. The number of hydrogen-bond donors (Lipinski definition) is 1. The summed E-state index contributed by atoms with van der Waals surface area (Å²) in [6.07, 6.45) is 11.4. The molecule has 0 aromatic heterocycles. The largest absolute Gasteiger partial charge is 0.493 e. The highest BCUT2D eigenvalue weighted by Gasteiger charge is 2.29. The third kappa shape index (κ3) is 7.57. The number of carboxylic acids is 1. The van der Waals surface area contributed by atoms with Crippen molar-refractivity contribution >= 4 is 5.97 Å². The molecule has 1 aliphatic heterocycles. The van der Waals surface area contributed by atoms with Crippen molar-refractivity contribution in [3.05, 3.63) is 35.9 Å². The second-order valence-corrected chi connectivity index (χ2v) is 8.74. The van der Waals surface area contributed by atoms with E-state index in [0.717, 1.165) is 36.5 Å². The van der Waals surface area contributed by atoms with E-state index in [1.54, 1.807) is 0 Å². The second kappa shape index (κ2) is 10.5. The smallest absolute Gasteiger partial charge is 0.306 e. The zero-order valence-electron chi connectivity index (χ0n) is 17.9. The van der Waals surface area contributed by atoms with Gasteiger partial charge in [0, 0.05) is 0 Å². The fourth-order valence-corrected chi connectivity index (χ4v) is 3.54. The van der Waals surface area contributed by atoms with Gasteiger partial charge in [0.25, 0.3) is 0 Å². The van der Waals surface area contributed by atoms with Crippen molar-refractivity contribution in [2.75, 3.05) is 6.61 Å². The molecule has 156 valence electrons. The van der Waals surface area contributed by atoms with E-state index in [2.05, 4.69) is 39.8 Å². The van der Waals surface area contributed by atoms with Gasteiger partial charge in [0.2, 0.25) is 0 Å². The summed E-state index contributed by atoms with van der Waals surface area (Å²) in [5, 5.41) is 8.70. The summed E-state index contributed by atoms with van der Waals surface area (Å²) < 4.78 is 11.8. The first-order valence-electron chi connectivity index (χ1n) is 10.6. The van der Waals surface area contributed by atoms with Gasteiger partial charge in [-0.2, -0.15) is 0 Å². The number of rotatable bonds is 11. The van der Waals surface area contributed by atoms with Crippen LogP contribution in [0.2, 0.25) is 0 Å². The molecule has 2 unspecified atom stereocenters. The van der Waals surface area contributed by atoms with Crippen LogP contribution in [0.3, 0.4) is 0 Å². The lowest BCUT2D eigenvalue weighted by Gasteiger charge is -2.33. The van der Waals surface area contributed by atoms with Crippen LogP contribution in [0.4, 0.5) is 0 Å². The SMILES string of the molecule is CC(C)CCCC(C)CC=CC1(C)CCc2cc(OCCC(=O)O)ccc2O1. The van der Waals surface area contributed by atoms with Gasteiger partial charge < -0.3 is 14.6 Å². The molecule has 0 radical (unpaired) electrons. The Kier molecular flexibility index (Phi) is 8.40. The number of benzene rings is 1. The van der Waals surface area contributed by atoms with Crippen LogP contribution in [0.15, 0.2) is 30.4 Å². The fourth-order valence-electron chi connectivity index (χ4n) is 3.54. The van der Waals surface area contributed by atoms with E-state index in [1.807, 2.05) is 18.2 Å². The summed E-state index contributed by atoms with van der Waals surface area (Å²) in [5.41, 5.74) is 0.858. The maximum Gasteiger partial charge on any atom is 0.306 e. The maximum absolute atomic E-state index is 10.6. The van der Waals surface area contributed by atoms with Crippen molar-refractivity contribution in [3.63, 3.8) is 0 Å². The van der Waals surface area contributed by atoms with Crippen LogP contribution in [-0.2, 0) is 11.2 Å².